The molecule has 1 saturated carbocycles. The molecule has 2 aliphatic rings. The Morgan fingerprint density at radius 2 is 2.26 bits per heavy atom. The topological polar surface area (TPSA) is 49.7 Å². The maximum absolute atomic E-state index is 13.2. The number of nitrogens with zero attached hydrogens (tertiary/aromatic N) is 1. The second-order valence-corrected chi connectivity index (χ2v) is 6.24. The zero-order valence-corrected chi connectivity index (χ0v) is 11.1. The van der Waals surface area contributed by atoms with Gasteiger partial charge in [0, 0.05) is 10.8 Å². The molecule has 0 radical (unpaired) electrons. The highest BCUT2D eigenvalue weighted by Crippen LogP contribution is 2.41. The average Bonchev–Trinajstić information content (AvgIpc) is 2.81. The fourth-order valence-corrected chi connectivity index (χ4v) is 4.13. The average molecular weight is 279 g/mol. The number of carboxylic acid groups (broad SMARTS) is 1. The van der Waals surface area contributed by atoms with Gasteiger partial charge in [0.25, 0.3) is 0 Å². The summed E-state index contributed by atoms with van der Waals surface area (Å²) in [6, 6.07) is 6.62. The Bertz CT molecular complexity index is 546. The number of benzene rings is 1. The number of halogens is 1. The second kappa shape index (κ2) is 4.96. The van der Waals surface area contributed by atoms with Crippen LogP contribution in [-0.4, -0.2) is 27.4 Å². The van der Waals surface area contributed by atoms with E-state index < -0.39 is 5.97 Å². The number of thioether (sulfide) groups is 1. The third-order valence-corrected chi connectivity index (χ3v) is 5.10. The minimum atomic E-state index is -0.710. The summed E-state index contributed by atoms with van der Waals surface area (Å²) in [4.78, 5) is 15.7. The number of aliphatic imine (C=N–C) groups is 1. The minimum Gasteiger partial charge on any atom is -0.481 e. The molecule has 1 fully saturated rings. The molecule has 1 N–H and O–H groups in total. The predicted molar refractivity (Wildman–Crippen MR) is 73.1 cm³/mol. The van der Waals surface area contributed by atoms with Crippen LogP contribution in [0.1, 0.15) is 24.8 Å². The number of carboxylic acids is 1. The lowest BCUT2D eigenvalue weighted by atomic mass is 9.86. The number of hydrogen-bond donors (Lipinski definition) is 1. The standard InChI is InChI=1S/C14H14FNO2S/c15-10-3-1-2-8(6-10)13-16-11-5-4-9(14(17)18)7-12(11)19-13/h1-3,6,9,11-12H,4-5,7H2,(H,17,18). The van der Waals surface area contributed by atoms with Gasteiger partial charge in [0.15, 0.2) is 0 Å². The molecule has 1 aliphatic heterocycles. The molecule has 5 heteroatoms. The quantitative estimate of drug-likeness (QED) is 0.905. The smallest absolute Gasteiger partial charge is 0.306 e. The molecule has 100 valence electrons. The van der Waals surface area contributed by atoms with E-state index in [9.17, 15) is 9.18 Å². The zero-order valence-electron chi connectivity index (χ0n) is 10.3. The molecule has 0 aromatic heterocycles. The number of aliphatic carboxylic acids is 1. The molecule has 1 heterocycles. The summed E-state index contributed by atoms with van der Waals surface area (Å²) in [5.41, 5.74) is 0.797. The summed E-state index contributed by atoms with van der Waals surface area (Å²) in [6.45, 7) is 0. The van der Waals surface area contributed by atoms with Crippen LogP contribution in [0.4, 0.5) is 4.39 Å². The van der Waals surface area contributed by atoms with Crippen molar-refractivity contribution in [3.05, 3.63) is 35.6 Å². The van der Waals surface area contributed by atoms with Crippen LogP contribution in [0.5, 0.6) is 0 Å². The molecule has 1 aromatic rings. The van der Waals surface area contributed by atoms with Crippen LogP contribution < -0.4 is 0 Å². The Morgan fingerprint density at radius 3 is 3.00 bits per heavy atom. The molecule has 3 rings (SSSR count). The van der Waals surface area contributed by atoms with Crippen LogP contribution in [-0.2, 0) is 4.79 Å². The first-order chi connectivity index (χ1) is 9.13. The van der Waals surface area contributed by atoms with Crippen LogP contribution in [0.15, 0.2) is 29.3 Å². The van der Waals surface area contributed by atoms with Gasteiger partial charge in [0.1, 0.15) is 5.82 Å². The molecule has 1 aromatic carbocycles. The molecule has 0 amide bonds. The van der Waals surface area contributed by atoms with Gasteiger partial charge >= 0.3 is 5.97 Å². The van der Waals surface area contributed by atoms with Crippen molar-refractivity contribution in [3.63, 3.8) is 0 Å². The highest BCUT2D eigenvalue weighted by Gasteiger charge is 2.38. The molecular weight excluding hydrogens is 265 g/mol. The van der Waals surface area contributed by atoms with Crippen molar-refractivity contribution < 1.29 is 14.3 Å². The largest absolute Gasteiger partial charge is 0.481 e. The van der Waals surface area contributed by atoms with Crippen molar-refractivity contribution >= 4 is 22.8 Å². The van der Waals surface area contributed by atoms with E-state index in [1.54, 1.807) is 17.8 Å². The predicted octanol–water partition coefficient (Wildman–Crippen LogP) is 2.94. The molecule has 0 spiro atoms. The van der Waals surface area contributed by atoms with Crippen LogP contribution in [0.3, 0.4) is 0 Å². The van der Waals surface area contributed by atoms with E-state index in [4.69, 9.17) is 5.11 Å². The normalized spacial score (nSPS) is 29.7. The van der Waals surface area contributed by atoms with Gasteiger partial charge in [-0.3, -0.25) is 9.79 Å². The summed E-state index contributed by atoms with van der Waals surface area (Å²) in [5.74, 6) is -1.23. The van der Waals surface area contributed by atoms with Gasteiger partial charge in [0.05, 0.1) is 17.0 Å². The number of carbonyl (C=O) groups is 1. The summed E-state index contributed by atoms with van der Waals surface area (Å²) >= 11 is 1.60. The lowest BCUT2D eigenvalue weighted by Crippen LogP contribution is -2.31. The summed E-state index contributed by atoms with van der Waals surface area (Å²) in [7, 11) is 0. The Balaban J connectivity index is 1.77. The van der Waals surface area contributed by atoms with Crippen molar-refractivity contribution in [2.75, 3.05) is 0 Å². The highest BCUT2D eigenvalue weighted by molar-refractivity contribution is 8.15. The molecule has 3 nitrogen and oxygen atoms in total. The van der Waals surface area contributed by atoms with E-state index in [-0.39, 0.29) is 23.0 Å². The van der Waals surface area contributed by atoms with Crippen molar-refractivity contribution in [1.82, 2.24) is 0 Å². The molecular formula is C14H14FNO2S. The second-order valence-electron chi connectivity index (χ2n) is 5.02. The third-order valence-electron chi connectivity index (χ3n) is 3.72. The van der Waals surface area contributed by atoms with Gasteiger partial charge in [-0.1, -0.05) is 12.1 Å². The lowest BCUT2D eigenvalue weighted by molar-refractivity contribution is -0.142. The van der Waals surface area contributed by atoms with E-state index in [1.807, 2.05) is 6.07 Å². The van der Waals surface area contributed by atoms with Crippen molar-refractivity contribution in [1.29, 1.82) is 0 Å². The van der Waals surface area contributed by atoms with Gasteiger partial charge in [0.2, 0.25) is 0 Å². The van der Waals surface area contributed by atoms with Crippen LogP contribution >= 0.6 is 11.8 Å². The summed E-state index contributed by atoms with van der Waals surface area (Å²) in [5, 5.41) is 10.2. The third kappa shape index (κ3) is 2.52. The van der Waals surface area contributed by atoms with Gasteiger partial charge in [-0.05, 0) is 31.4 Å². The maximum Gasteiger partial charge on any atom is 0.306 e. The maximum atomic E-state index is 13.2. The first kappa shape index (κ1) is 12.7. The van der Waals surface area contributed by atoms with E-state index >= 15 is 0 Å². The first-order valence-corrected chi connectivity index (χ1v) is 7.24. The van der Waals surface area contributed by atoms with Crippen molar-refractivity contribution in [2.24, 2.45) is 10.9 Å². The monoisotopic (exact) mass is 279 g/mol. The molecule has 19 heavy (non-hydrogen) atoms. The Labute approximate surface area is 114 Å². The van der Waals surface area contributed by atoms with Gasteiger partial charge in [-0.2, -0.15) is 0 Å². The fourth-order valence-electron chi connectivity index (χ4n) is 2.70. The van der Waals surface area contributed by atoms with E-state index in [0.717, 1.165) is 17.0 Å². The molecule has 3 atom stereocenters. The number of fused-ring (bicyclic) bond motifs is 1. The molecule has 1 aliphatic carbocycles. The van der Waals surface area contributed by atoms with Gasteiger partial charge in [-0.25, -0.2) is 4.39 Å². The first-order valence-electron chi connectivity index (χ1n) is 6.36. The van der Waals surface area contributed by atoms with Gasteiger partial charge in [-0.15, -0.1) is 11.8 Å². The molecule has 0 saturated heterocycles. The Hall–Kier alpha value is -1.36. The summed E-state index contributed by atoms with van der Waals surface area (Å²) < 4.78 is 13.2. The van der Waals surface area contributed by atoms with Crippen LogP contribution in [0.25, 0.3) is 0 Å². The van der Waals surface area contributed by atoms with E-state index in [0.29, 0.717) is 12.8 Å². The zero-order chi connectivity index (χ0) is 13.4. The SMILES string of the molecule is O=C(O)C1CCC2N=C(c3cccc(F)c3)SC2C1. The number of rotatable bonds is 2. The Morgan fingerprint density at radius 1 is 1.42 bits per heavy atom. The van der Waals surface area contributed by atoms with Crippen LogP contribution in [0.2, 0.25) is 0 Å². The van der Waals surface area contributed by atoms with Crippen LogP contribution in [0, 0.1) is 11.7 Å². The molecule has 3 unspecified atom stereocenters. The van der Waals surface area contributed by atoms with E-state index in [2.05, 4.69) is 4.99 Å². The van der Waals surface area contributed by atoms with E-state index in [1.165, 1.54) is 12.1 Å². The Kier molecular flexibility index (Phi) is 3.31. The molecule has 0 bridgehead atoms. The van der Waals surface area contributed by atoms with Gasteiger partial charge < -0.3 is 5.11 Å². The fraction of sp³-hybridized carbons (Fsp3) is 0.429. The number of hydrogen-bond acceptors (Lipinski definition) is 3. The lowest BCUT2D eigenvalue weighted by Gasteiger charge is -2.27. The highest BCUT2D eigenvalue weighted by atomic mass is 32.2. The summed E-state index contributed by atoms with van der Waals surface area (Å²) in [6.07, 6.45) is 2.16. The van der Waals surface area contributed by atoms with Crippen molar-refractivity contribution in [3.8, 4) is 0 Å². The minimum absolute atomic E-state index is 0.193. The van der Waals surface area contributed by atoms with Crippen molar-refractivity contribution in [2.45, 2.75) is 30.6 Å².